The van der Waals surface area contributed by atoms with E-state index in [2.05, 4.69) is 24.9 Å². The molecule has 28 heavy (non-hydrogen) atoms. The molecule has 142 valence electrons. The van der Waals surface area contributed by atoms with Crippen LogP contribution in [0.2, 0.25) is 0 Å². The van der Waals surface area contributed by atoms with Crippen LogP contribution in [0, 0.1) is 0 Å². The van der Waals surface area contributed by atoms with Crippen molar-refractivity contribution in [3.8, 4) is 11.8 Å². The average Bonchev–Trinajstić information content (AvgIpc) is 3.06. The van der Waals surface area contributed by atoms with Crippen molar-refractivity contribution in [2.75, 3.05) is 12.3 Å². The molecule has 3 heterocycles. The Hall–Kier alpha value is -3.59. The third-order valence-electron chi connectivity index (χ3n) is 4.35. The molecule has 1 aromatic carbocycles. The van der Waals surface area contributed by atoms with Crippen LogP contribution in [-0.4, -0.2) is 41.2 Å². The number of benzene rings is 1. The molecule has 0 bridgehead atoms. The van der Waals surface area contributed by atoms with Crippen molar-refractivity contribution in [2.45, 2.75) is 19.4 Å². The Bertz CT molecular complexity index is 1130. The lowest BCUT2D eigenvalue weighted by Crippen LogP contribution is -2.25. The van der Waals surface area contributed by atoms with Crippen molar-refractivity contribution >= 4 is 17.0 Å². The van der Waals surface area contributed by atoms with E-state index in [1.54, 1.807) is 48.3 Å². The van der Waals surface area contributed by atoms with Crippen LogP contribution < -0.4 is 10.5 Å². The number of imidazole rings is 1. The van der Waals surface area contributed by atoms with Crippen LogP contribution in [0.4, 0.5) is 5.95 Å². The lowest BCUT2D eigenvalue weighted by atomic mass is 9.94. The summed E-state index contributed by atoms with van der Waals surface area (Å²) >= 11 is 0. The van der Waals surface area contributed by atoms with Crippen molar-refractivity contribution in [3.05, 3.63) is 60.3 Å². The molecule has 1 atom stereocenters. The molecule has 9 nitrogen and oxygen atoms in total. The van der Waals surface area contributed by atoms with E-state index in [4.69, 9.17) is 10.5 Å². The van der Waals surface area contributed by atoms with Crippen molar-refractivity contribution in [1.29, 1.82) is 0 Å². The lowest BCUT2D eigenvalue weighted by molar-refractivity contribution is 0.0922. The van der Waals surface area contributed by atoms with Gasteiger partial charge in [-0.15, -0.1) is 0 Å². The lowest BCUT2D eigenvalue weighted by Gasteiger charge is -2.22. The third kappa shape index (κ3) is 3.01. The maximum Gasteiger partial charge on any atom is 0.303 e. The smallest absolute Gasteiger partial charge is 0.303 e. The summed E-state index contributed by atoms with van der Waals surface area (Å²) < 4.78 is 7.43. The summed E-state index contributed by atoms with van der Waals surface area (Å²) in [5, 5.41) is 11.1. The Morgan fingerprint density at radius 1 is 1.11 bits per heavy atom. The second-order valence-electron chi connectivity index (χ2n) is 6.28. The molecule has 0 aliphatic carbocycles. The SMILES string of the molecule is CCOc1nc2ccc(C(C)(O)c3ncccn3)cc2n1-c1ccnc(N)n1. The largest absolute Gasteiger partial charge is 0.465 e. The van der Waals surface area contributed by atoms with E-state index < -0.39 is 5.60 Å². The van der Waals surface area contributed by atoms with Gasteiger partial charge in [-0.05, 0) is 37.6 Å². The maximum atomic E-state index is 11.1. The van der Waals surface area contributed by atoms with E-state index in [1.165, 1.54) is 0 Å². The Kier molecular flexibility index (Phi) is 4.36. The molecule has 0 aliphatic heterocycles. The summed E-state index contributed by atoms with van der Waals surface area (Å²) in [5.41, 5.74) is 6.37. The number of hydrogen-bond donors (Lipinski definition) is 2. The van der Waals surface area contributed by atoms with Crippen LogP contribution in [0.5, 0.6) is 6.01 Å². The van der Waals surface area contributed by atoms with E-state index in [9.17, 15) is 5.11 Å². The molecule has 0 amide bonds. The minimum Gasteiger partial charge on any atom is -0.465 e. The van der Waals surface area contributed by atoms with Crippen LogP contribution >= 0.6 is 0 Å². The van der Waals surface area contributed by atoms with E-state index >= 15 is 0 Å². The highest BCUT2D eigenvalue weighted by molar-refractivity contribution is 5.80. The van der Waals surface area contributed by atoms with E-state index in [1.807, 2.05) is 19.1 Å². The van der Waals surface area contributed by atoms with Gasteiger partial charge in [0, 0.05) is 24.7 Å². The molecule has 4 aromatic rings. The summed E-state index contributed by atoms with van der Waals surface area (Å²) in [6.45, 7) is 3.96. The molecule has 0 radical (unpaired) electrons. The fraction of sp³-hybridized carbons (Fsp3) is 0.211. The monoisotopic (exact) mass is 377 g/mol. The topological polar surface area (TPSA) is 125 Å². The molecule has 1 unspecified atom stereocenters. The average molecular weight is 377 g/mol. The van der Waals surface area contributed by atoms with Gasteiger partial charge in [-0.3, -0.25) is 0 Å². The molecular weight excluding hydrogens is 358 g/mol. The number of nitrogen functional groups attached to an aromatic ring is 1. The summed E-state index contributed by atoms with van der Waals surface area (Å²) in [6.07, 6.45) is 4.75. The fourth-order valence-corrected chi connectivity index (χ4v) is 2.97. The van der Waals surface area contributed by atoms with Crippen molar-refractivity contribution in [1.82, 2.24) is 29.5 Å². The number of nitrogens with zero attached hydrogens (tertiary/aromatic N) is 6. The first-order chi connectivity index (χ1) is 13.5. The van der Waals surface area contributed by atoms with Gasteiger partial charge in [0.1, 0.15) is 11.4 Å². The number of fused-ring (bicyclic) bond motifs is 1. The van der Waals surface area contributed by atoms with Crippen LogP contribution in [0.25, 0.3) is 16.9 Å². The Morgan fingerprint density at radius 2 is 1.89 bits per heavy atom. The second-order valence-corrected chi connectivity index (χ2v) is 6.28. The van der Waals surface area contributed by atoms with Gasteiger partial charge in [0.15, 0.2) is 5.82 Å². The van der Waals surface area contributed by atoms with Crippen molar-refractivity contribution in [3.63, 3.8) is 0 Å². The minimum absolute atomic E-state index is 0.141. The number of aromatic nitrogens is 6. The third-order valence-corrected chi connectivity index (χ3v) is 4.35. The zero-order valence-electron chi connectivity index (χ0n) is 15.4. The number of hydrogen-bond acceptors (Lipinski definition) is 8. The molecule has 3 N–H and O–H groups in total. The molecule has 0 aliphatic rings. The molecular formula is C19H19N7O2. The first-order valence-corrected chi connectivity index (χ1v) is 8.75. The number of rotatable bonds is 5. The fourth-order valence-electron chi connectivity index (χ4n) is 2.97. The highest BCUT2D eigenvalue weighted by atomic mass is 16.5. The van der Waals surface area contributed by atoms with Gasteiger partial charge < -0.3 is 15.6 Å². The second kappa shape index (κ2) is 6.86. The number of nitrogens with two attached hydrogens (primary N) is 1. The molecule has 0 spiro atoms. The van der Waals surface area contributed by atoms with E-state index in [-0.39, 0.29) is 5.95 Å². The molecule has 0 saturated carbocycles. The normalized spacial score (nSPS) is 13.4. The first kappa shape index (κ1) is 17.8. The predicted molar refractivity (Wildman–Crippen MR) is 103 cm³/mol. The molecule has 0 saturated heterocycles. The Labute approximate surface area is 160 Å². The molecule has 9 heteroatoms. The quantitative estimate of drug-likeness (QED) is 0.540. The zero-order chi connectivity index (χ0) is 19.7. The van der Waals surface area contributed by atoms with Crippen LogP contribution in [-0.2, 0) is 5.60 Å². The number of aliphatic hydroxyl groups is 1. The summed E-state index contributed by atoms with van der Waals surface area (Å²) in [4.78, 5) is 21.1. The van der Waals surface area contributed by atoms with Crippen LogP contribution in [0.1, 0.15) is 25.2 Å². The van der Waals surface area contributed by atoms with Crippen molar-refractivity contribution in [2.24, 2.45) is 0 Å². The van der Waals surface area contributed by atoms with Gasteiger partial charge in [-0.2, -0.15) is 9.97 Å². The zero-order valence-corrected chi connectivity index (χ0v) is 15.4. The number of ether oxygens (including phenoxy) is 1. The maximum absolute atomic E-state index is 11.1. The van der Waals surface area contributed by atoms with Crippen molar-refractivity contribution < 1.29 is 9.84 Å². The van der Waals surface area contributed by atoms with Gasteiger partial charge in [0.25, 0.3) is 0 Å². The minimum atomic E-state index is -1.39. The van der Waals surface area contributed by atoms with Gasteiger partial charge in [-0.1, -0.05) is 6.07 Å². The summed E-state index contributed by atoms with van der Waals surface area (Å²) in [5.74, 6) is 0.963. The van der Waals surface area contributed by atoms with Gasteiger partial charge in [0.2, 0.25) is 5.95 Å². The van der Waals surface area contributed by atoms with Gasteiger partial charge in [-0.25, -0.2) is 19.5 Å². The van der Waals surface area contributed by atoms with Crippen LogP contribution in [0.3, 0.4) is 0 Å². The van der Waals surface area contributed by atoms with Crippen LogP contribution in [0.15, 0.2) is 48.9 Å². The van der Waals surface area contributed by atoms with E-state index in [0.717, 1.165) is 0 Å². The highest BCUT2D eigenvalue weighted by Gasteiger charge is 2.30. The summed E-state index contributed by atoms with van der Waals surface area (Å²) in [7, 11) is 0. The Balaban J connectivity index is 1.93. The first-order valence-electron chi connectivity index (χ1n) is 8.75. The van der Waals surface area contributed by atoms with Gasteiger partial charge in [0.05, 0.1) is 17.6 Å². The highest BCUT2D eigenvalue weighted by Crippen LogP contribution is 2.32. The molecule has 0 fully saturated rings. The number of anilines is 1. The molecule has 4 rings (SSSR count). The van der Waals surface area contributed by atoms with Gasteiger partial charge >= 0.3 is 6.01 Å². The van der Waals surface area contributed by atoms with E-state index in [0.29, 0.717) is 40.9 Å². The standard InChI is InChI=1S/C19H19N7O2/c1-3-28-18-24-13-6-5-12(19(2,27)16-21-8-4-9-22-16)11-14(13)26(18)15-7-10-23-17(20)25-15/h4-11,27H,3H2,1-2H3,(H2,20,23,25). The molecule has 3 aromatic heterocycles. The summed E-state index contributed by atoms with van der Waals surface area (Å²) in [6, 6.07) is 9.21. The Morgan fingerprint density at radius 3 is 2.61 bits per heavy atom. The predicted octanol–water partition coefficient (Wildman–Crippen LogP) is 1.84.